The molecular weight excluding hydrogens is 284 g/mol. The second-order valence-corrected chi connectivity index (χ2v) is 7.29. The van der Waals surface area contributed by atoms with Crippen LogP contribution in [-0.4, -0.2) is 52.9 Å². The van der Waals surface area contributed by atoms with E-state index in [1.807, 2.05) is 11.8 Å². The van der Waals surface area contributed by atoms with Gasteiger partial charge in [-0.3, -0.25) is 9.69 Å². The van der Waals surface area contributed by atoms with E-state index in [1.165, 1.54) is 0 Å². The molecule has 1 saturated carbocycles. The molecule has 1 aromatic rings. The minimum atomic E-state index is 0.174. The first-order valence-electron chi connectivity index (χ1n) is 7.79. The summed E-state index contributed by atoms with van der Waals surface area (Å²) in [5.74, 6) is 0.500. The fourth-order valence-corrected chi connectivity index (χ4v) is 3.94. The number of nitrogens with two attached hydrogens (primary N) is 1. The van der Waals surface area contributed by atoms with Crippen molar-refractivity contribution in [2.24, 2.45) is 11.7 Å². The Balaban J connectivity index is 1.47. The lowest BCUT2D eigenvalue weighted by atomic mass is 10.1. The Labute approximate surface area is 130 Å². The summed E-state index contributed by atoms with van der Waals surface area (Å²) in [5, 5.41) is 3.25. The van der Waals surface area contributed by atoms with Crippen molar-refractivity contribution in [2.75, 3.05) is 26.2 Å². The molecule has 0 bridgehead atoms. The number of hydrogen-bond acceptors (Lipinski definition) is 5. The molecule has 1 amide bonds. The van der Waals surface area contributed by atoms with Crippen molar-refractivity contribution in [1.82, 2.24) is 14.8 Å². The molecule has 0 radical (unpaired) electrons. The van der Waals surface area contributed by atoms with Gasteiger partial charge in [0.1, 0.15) is 0 Å². The minimum absolute atomic E-state index is 0.174. The molecule has 116 valence electrons. The zero-order valence-corrected chi connectivity index (χ0v) is 13.4. The van der Waals surface area contributed by atoms with Gasteiger partial charge in [0.05, 0.1) is 10.7 Å². The summed E-state index contributed by atoms with van der Waals surface area (Å²) in [4.78, 5) is 21.4. The molecule has 1 aliphatic heterocycles. The van der Waals surface area contributed by atoms with Crippen LogP contribution >= 0.6 is 11.3 Å². The molecule has 2 fully saturated rings. The molecule has 1 saturated heterocycles. The molecule has 6 heteroatoms. The number of thiazole rings is 1. The maximum atomic E-state index is 12.5. The quantitative estimate of drug-likeness (QED) is 0.912. The molecule has 2 heterocycles. The van der Waals surface area contributed by atoms with Gasteiger partial charge in [-0.2, -0.15) is 0 Å². The van der Waals surface area contributed by atoms with Crippen LogP contribution in [0.5, 0.6) is 0 Å². The van der Waals surface area contributed by atoms with E-state index in [4.69, 9.17) is 5.73 Å². The number of aryl methyl sites for hydroxylation is 1. The Morgan fingerprint density at radius 1 is 1.38 bits per heavy atom. The van der Waals surface area contributed by atoms with Crippen LogP contribution in [0.2, 0.25) is 0 Å². The van der Waals surface area contributed by atoms with E-state index in [2.05, 4.69) is 15.3 Å². The molecular formula is C15H24N4OS. The van der Waals surface area contributed by atoms with E-state index in [0.717, 1.165) is 62.7 Å². The summed E-state index contributed by atoms with van der Waals surface area (Å²) < 4.78 is 0. The second-order valence-electron chi connectivity index (χ2n) is 6.23. The van der Waals surface area contributed by atoms with E-state index >= 15 is 0 Å². The summed E-state index contributed by atoms with van der Waals surface area (Å²) >= 11 is 1.70. The third kappa shape index (κ3) is 3.62. The van der Waals surface area contributed by atoms with Gasteiger partial charge in [0.2, 0.25) is 5.91 Å². The molecule has 2 N–H and O–H groups in total. The van der Waals surface area contributed by atoms with Crippen molar-refractivity contribution in [3.63, 3.8) is 0 Å². The number of carbonyl (C=O) groups is 1. The topological polar surface area (TPSA) is 62.5 Å². The Hall–Kier alpha value is -0.980. The van der Waals surface area contributed by atoms with Crippen molar-refractivity contribution in [3.8, 4) is 0 Å². The van der Waals surface area contributed by atoms with Gasteiger partial charge < -0.3 is 10.6 Å². The molecule has 2 atom stereocenters. The summed E-state index contributed by atoms with van der Waals surface area (Å²) in [5.41, 5.74) is 7.07. The van der Waals surface area contributed by atoms with Crippen LogP contribution in [-0.2, 0) is 11.3 Å². The standard InChI is InChI=1S/C15H24N4OS/c1-11-17-14(10-21-11)9-18-4-6-19(7-5-18)15(20)12-2-3-13(16)8-12/h10,12-13H,2-9,16H2,1H3/t12-,13+/m1/s1. The van der Waals surface area contributed by atoms with Gasteiger partial charge in [0.25, 0.3) is 0 Å². The summed E-state index contributed by atoms with van der Waals surface area (Å²) in [7, 11) is 0. The van der Waals surface area contributed by atoms with E-state index in [0.29, 0.717) is 5.91 Å². The first-order chi connectivity index (χ1) is 10.1. The van der Waals surface area contributed by atoms with Gasteiger partial charge in [-0.05, 0) is 26.2 Å². The van der Waals surface area contributed by atoms with Crippen LogP contribution in [0.1, 0.15) is 30.0 Å². The largest absolute Gasteiger partial charge is 0.340 e. The van der Waals surface area contributed by atoms with Gasteiger partial charge in [-0.1, -0.05) is 0 Å². The first kappa shape index (κ1) is 14.9. The lowest BCUT2D eigenvalue weighted by molar-refractivity contribution is -0.137. The van der Waals surface area contributed by atoms with Crippen LogP contribution < -0.4 is 5.73 Å². The zero-order valence-electron chi connectivity index (χ0n) is 12.6. The third-order valence-electron chi connectivity index (χ3n) is 4.56. The zero-order chi connectivity index (χ0) is 14.8. The fraction of sp³-hybridized carbons (Fsp3) is 0.733. The fourth-order valence-electron chi connectivity index (χ4n) is 3.34. The average molecular weight is 308 g/mol. The van der Waals surface area contributed by atoms with E-state index < -0.39 is 0 Å². The Kier molecular flexibility index (Phi) is 4.57. The third-order valence-corrected chi connectivity index (χ3v) is 5.38. The molecule has 2 aliphatic rings. The molecule has 1 aromatic heterocycles. The van der Waals surface area contributed by atoms with Crippen LogP contribution in [0.4, 0.5) is 0 Å². The van der Waals surface area contributed by atoms with Crippen molar-refractivity contribution >= 4 is 17.2 Å². The lowest BCUT2D eigenvalue weighted by Crippen LogP contribution is -2.49. The number of aromatic nitrogens is 1. The summed E-state index contributed by atoms with van der Waals surface area (Å²) in [6.07, 6.45) is 2.84. The van der Waals surface area contributed by atoms with E-state index in [-0.39, 0.29) is 12.0 Å². The number of carbonyl (C=O) groups excluding carboxylic acids is 1. The smallest absolute Gasteiger partial charge is 0.225 e. The van der Waals surface area contributed by atoms with Crippen LogP contribution in [0, 0.1) is 12.8 Å². The molecule has 1 aliphatic carbocycles. The number of rotatable bonds is 3. The van der Waals surface area contributed by atoms with Crippen molar-refractivity contribution in [1.29, 1.82) is 0 Å². The Bertz CT molecular complexity index is 496. The monoisotopic (exact) mass is 308 g/mol. The van der Waals surface area contributed by atoms with Gasteiger partial charge in [0.15, 0.2) is 0 Å². The number of hydrogen-bond donors (Lipinski definition) is 1. The second kappa shape index (κ2) is 6.42. The predicted molar refractivity (Wildman–Crippen MR) is 84.0 cm³/mol. The highest BCUT2D eigenvalue weighted by molar-refractivity contribution is 7.09. The highest BCUT2D eigenvalue weighted by Crippen LogP contribution is 2.26. The molecule has 0 unspecified atom stereocenters. The molecule has 5 nitrogen and oxygen atoms in total. The van der Waals surface area contributed by atoms with Crippen LogP contribution in [0.25, 0.3) is 0 Å². The van der Waals surface area contributed by atoms with Gasteiger partial charge in [0, 0.05) is 50.1 Å². The van der Waals surface area contributed by atoms with Crippen LogP contribution in [0.3, 0.4) is 0 Å². The lowest BCUT2D eigenvalue weighted by Gasteiger charge is -2.35. The normalized spacial score (nSPS) is 27.2. The highest BCUT2D eigenvalue weighted by atomic mass is 32.1. The number of nitrogens with zero attached hydrogens (tertiary/aromatic N) is 3. The maximum Gasteiger partial charge on any atom is 0.225 e. The Morgan fingerprint density at radius 2 is 2.14 bits per heavy atom. The maximum absolute atomic E-state index is 12.5. The van der Waals surface area contributed by atoms with E-state index in [9.17, 15) is 4.79 Å². The SMILES string of the molecule is Cc1nc(CN2CCN(C(=O)[C@@H]3CC[C@H](N)C3)CC2)cs1. The van der Waals surface area contributed by atoms with Crippen molar-refractivity contribution in [3.05, 3.63) is 16.1 Å². The first-order valence-corrected chi connectivity index (χ1v) is 8.67. The van der Waals surface area contributed by atoms with Gasteiger partial charge in [-0.25, -0.2) is 4.98 Å². The van der Waals surface area contributed by atoms with Crippen LogP contribution in [0.15, 0.2) is 5.38 Å². The highest BCUT2D eigenvalue weighted by Gasteiger charge is 2.32. The predicted octanol–water partition coefficient (Wildman–Crippen LogP) is 1.22. The summed E-state index contributed by atoms with van der Waals surface area (Å²) in [6.45, 7) is 6.52. The molecule has 3 rings (SSSR count). The summed E-state index contributed by atoms with van der Waals surface area (Å²) in [6, 6.07) is 0.230. The molecule has 0 aromatic carbocycles. The van der Waals surface area contributed by atoms with Crippen molar-refractivity contribution < 1.29 is 4.79 Å². The van der Waals surface area contributed by atoms with Crippen molar-refractivity contribution in [2.45, 2.75) is 38.8 Å². The molecule has 0 spiro atoms. The van der Waals surface area contributed by atoms with Gasteiger partial charge >= 0.3 is 0 Å². The minimum Gasteiger partial charge on any atom is -0.340 e. The Morgan fingerprint density at radius 3 is 2.71 bits per heavy atom. The van der Waals surface area contributed by atoms with Gasteiger partial charge in [-0.15, -0.1) is 11.3 Å². The number of amides is 1. The average Bonchev–Trinajstić information content (AvgIpc) is 3.08. The molecule has 21 heavy (non-hydrogen) atoms. The number of piperazine rings is 1. The van der Waals surface area contributed by atoms with E-state index in [1.54, 1.807) is 11.3 Å².